The number of carbonyl (C=O) groups excluding carboxylic acids is 1. The van der Waals surface area contributed by atoms with Gasteiger partial charge in [0.05, 0.1) is 6.54 Å². The number of hydrogen-bond acceptors (Lipinski definition) is 2. The molecule has 0 aliphatic heterocycles. The Bertz CT molecular complexity index is 437. The molecule has 0 saturated heterocycles. The average Bonchev–Trinajstić information content (AvgIpc) is 2.33. The highest BCUT2D eigenvalue weighted by atomic mass is 35.5. The Morgan fingerprint density at radius 3 is 2.63 bits per heavy atom. The van der Waals surface area contributed by atoms with Crippen LogP contribution in [0.25, 0.3) is 0 Å². The summed E-state index contributed by atoms with van der Waals surface area (Å²) in [7, 11) is 0. The van der Waals surface area contributed by atoms with Gasteiger partial charge in [-0.15, -0.1) is 0 Å². The van der Waals surface area contributed by atoms with Crippen LogP contribution in [0.2, 0.25) is 5.02 Å². The second-order valence-corrected chi connectivity index (χ2v) is 5.37. The maximum Gasteiger partial charge on any atom is 0.233 e. The molecule has 1 aromatic carbocycles. The monoisotopic (exact) mass is 286 g/mol. The molecule has 1 rings (SSSR count). The minimum atomic E-state index is -0.365. The second-order valence-electron chi connectivity index (χ2n) is 4.97. The Morgan fingerprint density at radius 1 is 1.37 bits per heavy atom. The van der Waals surface area contributed by atoms with Gasteiger partial charge in [-0.3, -0.25) is 4.79 Å². The van der Waals surface area contributed by atoms with E-state index in [4.69, 9.17) is 11.6 Å². The van der Waals surface area contributed by atoms with Crippen molar-refractivity contribution in [3.63, 3.8) is 0 Å². The average molecular weight is 287 g/mol. The minimum absolute atomic E-state index is 0.0567. The lowest BCUT2D eigenvalue weighted by Gasteiger charge is -2.16. The lowest BCUT2D eigenvalue weighted by molar-refractivity contribution is -0.120. The van der Waals surface area contributed by atoms with Gasteiger partial charge in [0.2, 0.25) is 5.91 Å². The summed E-state index contributed by atoms with van der Waals surface area (Å²) in [5.74, 6) is 0.00215. The highest BCUT2D eigenvalue weighted by Crippen LogP contribution is 2.23. The van der Waals surface area contributed by atoms with E-state index in [2.05, 4.69) is 10.6 Å². The molecule has 5 heteroatoms. The van der Waals surface area contributed by atoms with Crippen molar-refractivity contribution in [2.24, 2.45) is 5.92 Å². The first kappa shape index (κ1) is 15.9. The van der Waals surface area contributed by atoms with Crippen LogP contribution in [0.4, 0.5) is 4.39 Å². The quantitative estimate of drug-likeness (QED) is 0.844. The zero-order valence-corrected chi connectivity index (χ0v) is 12.2. The van der Waals surface area contributed by atoms with Crippen LogP contribution in [0.15, 0.2) is 18.2 Å². The number of carbonyl (C=O) groups is 1. The van der Waals surface area contributed by atoms with E-state index < -0.39 is 0 Å². The molecule has 1 atom stereocenters. The zero-order valence-electron chi connectivity index (χ0n) is 11.5. The summed E-state index contributed by atoms with van der Waals surface area (Å²) < 4.78 is 12.9. The first-order valence-electron chi connectivity index (χ1n) is 6.35. The SMILES string of the molecule is CC(C)CNC(=O)CNC(C)c1ccc(F)cc1Cl. The highest BCUT2D eigenvalue weighted by molar-refractivity contribution is 6.31. The van der Waals surface area contributed by atoms with Crippen molar-refractivity contribution in [1.29, 1.82) is 0 Å². The summed E-state index contributed by atoms with van der Waals surface area (Å²) in [5.41, 5.74) is 0.778. The van der Waals surface area contributed by atoms with E-state index in [1.165, 1.54) is 12.1 Å². The predicted octanol–water partition coefficient (Wildman–Crippen LogP) is 2.90. The summed E-state index contributed by atoms with van der Waals surface area (Å²) >= 11 is 5.96. The molecule has 3 nitrogen and oxygen atoms in total. The van der Waals surface area contributed by atoms with E-state index in [0.29, 0.717) is 17.5 Å². The minimum Gasteiger partial charge on any atom is -0.355 e. The van der Waals surface area contributed by atoms with E-state index in [0.717, 1.165) is 5.56 Å². The van der Waals surface area contributed by atoms with Crippen molar-refractivity contribution in [2.45, 2.75) is 26.8 Å². The van der Waals surface area contributed by atoms with E-state index in [9.17, 15) is 9.18 Å². The third-order valence-corrected chi connectivity index (χ3v) is 3.03. The summed E-state index contributed by atoms with van der Waals surface area (Å²) in [6, 6.07) is 4.14. The second kappa shape index (κ2) is 7.46. The van der Waals surface area contributed by atoms with E-state index in [1.807, 2.05) is 20.8 Å². The van der Waals surface area contributed by atoms with Gasteiger partial charge >= 0.3 is 0 Å². The smallest absolute Gasteiger partial charge is 0.233 e. The number of nitrogens with one attached hydrogen (secondary N) is 2. The summed E-state index contributed by atoms with van der Waals surface area (Å²) in [5, 5.41) is 6.25. The molecule has 0 spiro atoms. The molecular weight excluding hydrogens is 267 g/mol. The Hall–Kier alpha value is -1.13. The van der Waals surface area contributed by atoms with Crippen LogP contribution in [-0.4, -0.2) is 19.0 Å². The summed E-state index contributed by atoms with van der Waals surface area (Å²) in [4.78, 5) is 11.6. The molecule has 0 aliphatic rings. The molecule has 0 heterocycles. The molecule has 0 bridgehead atoms. The standard InChI is InChI=1S/C14H20ClFN2O/c1-9(2)7-18-14(19)8-17-10(3)12-5-4-11(16)6-13(12)15/h4-6,9-10,17H,7-8H2,1-3H3,(H,18,19). The van der Waals surface area contributed by atoms with Crippen molar-refractivity contribution in [3.05, 3.63) is 34.6 Å². The van der Waals surface area contributed by atoms with Crippen LogP contribution in [0.5, 0.6) is 0 Å². The Kier molecular flexibility index (Phi) is 6.25. The van der Waals surface area contributed by atoms with Gasteiger partial charge < -0.3 is 10.6 Å². The van der Waals surface area contributed by atoms with Gasteiger partial charge in [-0.25, -0.2) is 4.39 Å². The van der Waals surface area contributed by atoms with Crippen LogP contribution in [0.1, 0.15) is 32.4 Å². The van der Waals surface area contributed by atoms with Crippen LogP contribution >= 0.6 is 11.6 Å². The molecule has 0 aliphatic carbocycles. The van der Waals surface area contributed by atoms with Crippen molar-refractivity contribution in [3.8, 4) is 0 Å². The molecular formula is C14H20ClFN2O. The molecule has 19 heavy (non-hydrogen) atoms. The summed E-state index contributed by atoms with van der Waals surface area (Å²) in [6.07, 6.45) is 0. The maximum absolute atomic E-state index is 12.9. The van der Waals surface area contributed by atoms with E-state index in [-0.39, 0.29) is 24.3 Å². The van der Waals surface area contributed by atoms with Crippen molar-refractivity contribution < 1.29 is 9.18 Å². The molecule has 106 valence electrons. The van der Waals surface area contributed by atoms with E-state index in [1.54, 1.807) is 6.07 Å². The van der Waals surface area contributed by atoms with Crippen molar-refractivity contribution >= 4 is 17.5 Å². The third-order valence-electron chi connectivity index (χ3n) is 2.71. The van der Waals surface area contributed by atoms with Crippen molar-refractivity contribution in [2.75, 3.05) is 13.1 Å². The van der Waals surface area contributed by atoms with Crippen molar-refractivity contribution in [1.82, 2.24) is 10.6 Å². The molecule has 0 radical (unpaired) electrons. The number of benzene rings is 1. The van der Waals surface area contributed by atoms with Crippen LogP contribution in [0.3, 0.4) is 0 Å². The molecule has 1 unspecified atom stereocenters. The molecule has 0 saturated carbocycles. The van der Waals surface area contributed by atoms with Gasteiger partial charge in [0.1, 0.15) is 5.82 Å². The molecule has 2 N–H and O–H groups in total. The zero-order chi connectivity index (χ0) is 14.4. The van der Waals surface area contributed by atoms with Gasteiger partial charge in [-0.1, -0.05) is 31.5 Å². The fourth-order valence-corrected chi connectivity index (χ4v) is 1.92. The van der Waals surface area contributed by atoms with Crippen LogP contribution in [0, 0.1) is 11.7 Å². The lowest BCUT2D eigenvalue weighted by atomic mass is 10.1. The van der Waals surface area contributed by atoms with Gasteiger partial charge in [-0.2, -0.15) is 0 Å². The van der Waals surface area contributed by atoms with E-state index >= 15 is 0 Å². The normalized spacial score (nSPS) is 12.5. The molecule has 1 aromatic rings. The highest BCUT2D eigenvalue weighted by Gasteiger charge is 2.11. The first-order valence-corrected chi connectivity index (χ1v) is 6.73. The number of hydrogen-bond donors (Lipinski definition) is 2. The fraction of sp³-hybridized carbons (Fsp3) is 0.500. The number of halogens is 2. The Morgan fingerprint density at radius 2 is 2.05 bits per heavy atom. The lowest BCUT2D eigenvalue weighted by Crippen LogP contribution is -2.36. The molecule has 0 fully saturated rings. The van der Waals surface area contributed by atoms with Gasteiger partial charge in [0, 0.05) is 17.6 Å². The molecule has 0 aromatic heterocycles. The topological polar surface area (TPSA) is 41.1 Å². The van der Waals surface area contributed by atoms with Gasteiger partial charge in [-0.05, 0) is 30.5 Å². The third kappa shape index (κ3) is 5.57. The Labute approximate surface area is 118 Å². The van der Waals surface area contributed by atoms with Crippen LogP contribution < -0.4 is 10.6 Å². The van der Waals surface area contributed by atoms with Gasteiger partial charge in [0.15, 0.2) is 0 Å². The summed E-state index contributed by atoms with van der Waals surface area (Å²) in [6.45, 7) is 6.83. The first-order chi connectivity index (χ1) is 8.90. The Balaban J connectivity index is 2.46. The number of amides is 1. The van der Waals surface area contributed by atoms with Gasteiger partial charge in [0.25, 0.3) is 0 Å². The molecule has 1 amide bonds. The number of rotatable bonds is 6. The predicted molar refractivity (Wildman–Crippen MR) is 75.7 cm³/mol. The maximum atomic E-state index is 12.9. The fourth-order valence-electron chi connectivity index (χ4n) is 1.59. The largest absolute Gasteiger partial charge is 0.355 e. The van der Waals surface area contributed by atoms with Crippen LogP contribution in [-0.2, 0) is 4.79 Å².